The van der Waals surface area contributed by atoms with Gasteiger partial charge >= 0.3 is 5.97 Å². The van der Waals surface area contributed by atoms with Crippen LogP contribution in [0.3, 0.4) is 0 Å². The van der Waals surface area contributed by atoms with E-state index in [-0.39, 0.29) is 11.9 Å². The Morgan fingerprint density at radius 3 is 2.83 bits per heavy atom. The highest BCUT2D eigenvalue weighted by Gasteiger charge is 2.26. The summed E-state index contributed by atoms with van der Waals surface area (Å²) >= 11 is 7.18. The summed E-state index contributed by atoms with van der Waals surface area (Å²) in [5.41, 5.74) is 0. The standard InChI is InChI=1S/C16H22N4O2S2/c1-3-22-15(21)12-6-8-19(9-7-12)11-20-16(23)18(2)14(17-20)13-5-4-10-24-13/h4-5,10,12H,3,6-9,11H2,1-2H3. The summed E-state index contributed by atoms with van der Waals surface area (Å²) in [7, 11) is 1.95. The minimum Gasteiger partial charge on any atom is -0.466 e. The second kappa shape index (κ2) is 7.58. The van der Waals surface area contributed by atoms with Crippen molar-refractivity contribution in [3.8, 4) is 10.7 Å². The van der Waals surface area contributed by atoms with E-state index < -0.39 is 0 Å². The Kier molecular flexibility index (Phi) is 5.47. The molecule has 0 aromatic carbocycles. The van der Waals surface area contributed by atoms with Crippen LogP contribution in [0, 0.1) is 10.7 Å². The van der Waals surface area contributed by atoms with E-state index in [0.717, 1.165) is 36.6 Å². The minimum atomic E-state index is -0.0634. The Labute approximate surface area is 150 Å². The largest absolute Gasteiger partial charge is 0.466 e. The average Bonchev–Trinajstić information content (AvgIpc) is 3.20. The summed E-state index contributed by atoms with van der Waals surface area (Å²) in [4.78, 5) is 15.2. The van der Waals surface area contributed by atoms with Crippen LogP contribution < -0.4 is 0 Å². The zero-order chi connectivity index (χ0) is 17.1. The van der Waals surface area contributed by atoms with Gasteiger partial charge in [0.15, 0.2) is 10.6 Å². The topological polar surface area (TPSA) is 52.3 Å². The highest BCUT2D eigenvalue weighted by molar-refractivity contribution is 7.71. The number of aromatic nitrogens is 3. The van der Waals surface area contributed by atoms with E-state index in [9.17, 15) is 4.79 Å². The smallest absolute Gasteiger partial charge is 0.309 e. The van der Waals surface area contributed by atoms with Gasteiger partial charge in [-0.25, -0.2) is 4.68 Å². The fourth-order valence-corrected chi connectivity index (χ4v) is 3.89. The number of nitrogens with zero attached hydrogens (tertiary/aromatic N) is 4. The van der Waals surface area contributed by atoms with Gasteiger partial charge < -0.3 is 9.30 Å². The molecule has 0 radical (unpaired) electrons. The van der Waals surface area contributed by atoms with Gasteiger partial charge in [-0.2, -0.15) is 0 Å². The highest BCUT2D eigenvalue weighted by Crippen LogP contribution is 2.23. The molecule has 0 saturated carbocycles. The Morgan fingerprint density at radius 1 is 1.46 bits per heavy atom. The predicted octanol–water partition coefficient (Wildman–Crippen LogP) is 2.91. The van der Waals surface area contributed by atoms with Crippen LogP contribution in [0.2, 0.25) is 0 Å². The van der Waals surface area contributed by atoms with Crippen LogP contribution in [-0.2, 0) is 23.2 Å². The number of ether oxygens (including phenoxy) is 1. The van der Waals surface area contributed by atoms with Crippen molar-refractivity contribution in [2.45, 2.75) is 26.4 Å². The Balaban J connectivity index is 1.65. The number of thiophene rings is 1. The molecule has 1 aliphatic rings. The van der Waals surface area contributed by atoms with Gasteiger partial charge in [0.2, 0.25) is 0 Å². The number of esters is 1. The fourth-order valence-electron chi connectivity index (χ4n) is 2.96. The summed E-state index contributed by atoms with van der Waals surface area (Å²) in [6.07, 6.45) is 1.66. The van der Waals surface area contributed by atoms with Crippen LogP contribution in [0.4, 0.5) is 0 Å². The Morgan fingerprint density at radius 2 is 2.21 bits per heavy atom. The molecule has 130 valence electrons. The van der Waals surface area contributed by atoms with Gasteiger partial charge in [-0.3, -0.25) is 9.69 Å². The monoisotopic (exact) mass is 366 g/mol. The van der Waals surface area contributed by atoms with Crippen molar-refractivity contribution in [1.29, 1.82) is 0 Å². The number of carbonyl (C=O) groups excluding carboxylic acids is 1. The van der Waals surface area contributed by atoms with E-state index in [1.807, 2.05) is 34.7 Å². The second-order valence-corrected chi connectivity index (χ2v) is 7.24. The molecule has 0 unspecified atom stereocenters. The lowest BCUT2D eigenvalue weighted by atomic mass is 9.97. The van der Waals surface area contributed by atoms with E-state index in [0.29, 0.717) is 18.0 Å². The van der Waals surface area contributed by atoms with Crippen molar-refractivity contribution in [2.24, 2.45) is 13.0 Å². The van der Waals surface area contributed by atoms with Crippen LogP contribution in [-0.4, -0.2) is 44.9 Å². The quantitative estimate of drug-likeness (QED) is 0.602. The van der Waals surface area contributed by atoms with Crippen LogP contribution in [0.1, 0.15) is 19.8 Å². The van der Waals surface area contributed by atoms with Gasteiger partial charge in [0.1, 0.15) is 0 Å². The molecule has 0 aliphatic carbocycles. The van der Waals surface area contributed by atoms with Gasteiger partial charge in [0.05, 0.1) is 24.1 Å². The number of likely N-dealkylation sites (tertiary alicyclic amines) is 1. The molecule has 1 aliphatic heterocycles. The molecule has 0 amide bonds. The van der Waals surface area contributed by atoms with Crippen molar-refractivity contribution in [1.82, 2.24) is 19.2 Å². The van der Waals surface area contributed by atoms with Crippen molar-refractivity contribution in [3.05, 3.63) is 22.3 Å². The van der Waals surface area contributed by atoms with Crippen molar-refractivity contribution in [2.75, 3.05) is 19.7 Å². The molecular weight excluding hydrogens is 344 g/mol. The Hall–Kier alpha value is -1.51. The molecular formula is C16H22N4O2S2. The SMILES string of the molecule is CCOC(=O)C1CCN(Cn2nc(-c3cccs3)n(C)c2=S)CC1. The first-order valence-electron chi connectivity index (χ1n) is 8.17. The molecule has 0 atom stereocenters. The molecule has 6 nitrogen and oxygen atoms in total. The zero-order valence-corrected chi connectivity index (χ0v) is 15.6. The number of piperidine rings is 1. The third-order valence-electron chi connectivity index (χ3n) is 4.32. The molecule has 8 heteroatoms. The van der Waals surface area contributed by atoms with Crippen LogP contribution in [0.15, 0.2) is 17.5 Å². The molecule has 0 N–H and O–H groups in total. The van der Waals surface area contributed by atoms with E-state index >= 15 is 0 Å². The summed E-state index contributed by atoms with van der Waals surface area (Å²) in [5.74, 6) is 0.863. The molecule has 2 aromatic rings. The Bertz CT molecular complexity index is 743. The summed E-state index contributed by atoms with van der Waals surface area (Å²) in [5, 5.41) is 6.72. The molecule has 1 fully saturated rings. The zero-order valence-electron chi connectivity index (χ0n) is 14.0. The van der Waals surface area contributed by atoms with Gasteiger partial charge in [-0.05, 0) is 43.4 Å². The maximum absolute atomic E-state index is 11.8. The fraction of sp³-hybridized carbons (Fsp3) is 0.562. The lowest BCUT2D eigenvalue weighted by Gasteiger charge is -2.30. The first-order valence-corrected chi connectivity index (χ1v) is 9.45. The van der Waals surface area contributed by atoms with Crippen LogP contribution in [0.5, 0.6) is 0 Å². The van der Waals surface area contributed by atoms with E-state index in [2.05, 4.69) is 16.1 Å². The molecule has 1 saturated heterocycles. The van der Waals surface area contributed by atoms with Gasteiger partial charge in [0, 0.05) is 20.1 Å². The second-order valence-electron chi connectivity index (χ2n) is 5.93. The predicted molar refractivity (Wildman–Crippen MR) is 96.3 cm³/mol. The molecule has 3 heterocycles. The number of hydrogen-bond donors (Lipinski definition) is 0. The highest BCUT2D eigenvalue weighted by atomic mass is 32.1. The molecule has 0 spiro atoms. The van der Waals surface area contributed by atoms with E-state index in [4.69, 9.17) is 17.0 Å². The van der Waals surface area contributed by atoms with Crippen molar-refractivity contribution in [3.63, 3.8) is 0 Å². The van der Waals surface area contributed by atoms with Gasteiger partial charge in [-0.15, -0.1) is 16.4 Å². The summed E-state index contributed by atoms with van der Waals surface area (Å²) in [6, 6.07) is 4.07. The van der Waals surface area contributed by atoms with Gasteiger partial charge in [-0.1, -0.05) is 6.07 Å². The number of rotatable bonds is 5. The number of hydrogen-bond acceptors (Lipinski definition) is 6. The lowest BCUT2D eigenvalue weighted by Crippen LogP contribution is -2.38. The maximum Gasteiger partial charge on any atom is 0.309 e. The third-order valence-corrected chi connectivity index (χ3v) is 5.67. The normalized spacial score (nSPS) is 16.4. The summed E-state index contributed by atoms with van der Waals surface area (Å²) < 4.78 is 9.66. The van der Waals surface area contributed by atoms with E-state index in [1.165, 1.54) is 0 Å². The molecule has 0 bridgehead atoms. The maximum atomic E-state index is 11.8. The lowest BCUT2D eigenvalue weighted by molar-refractivity contribution is -0.149. The summed E-state index contributed by atoms with van der Waals surface area (Å²) in [6.45, 7) is 4.68. The van der Waals surface area contributed by atoms with Crippen LogP contribution >= 0.6 is 23.6 Å². The first-order chi connectivity index (χ1) is 11.6. The van der Waals surface area contributed by atoms with Gasteiger partial charge in [0.25, 0.3) is 0 Å². The van der Waals surface area contributed by atoms with Crippen molar-refractivity contribution < 1.29 is 9.53 Å². The number of carbonyl (C=O) groups is 1. The molecule has 24 heavy (non-hydrogen) atoms. The van der Waals surface area contributed by atoms with Crippen molar-refractivity contribution >= 4 is 29.5 Å². The van der Waals surface area contributed by atoms with E-state index in [1.54, 1.807) is 11.3 Å². The first kappa shape index (κ1) is 17.3. The average molecular weight is 367 g/mol. The van der Waals surface area contributed by atoms with Crippen LogP contribution in [0.25, 0.3) is 10.7 Å². The minimum absolute atomic E-state index is 0.0274. The molecule has 3 rings (SSSR count). The third kappa shape index (κ3) is 3.60. The molecule has 2 aromatic heterocycles.